The van der Waals surface area contributed by atoms with Gasteiger partial charge >= 0.3 is 17.6 Å². The number of aromatic nitrogens is 1. The first-order chi connectivity index (χ1) is 30.2. The van der Waals surface area contributed by atoms with Crippen molar-refractivity contribution in [1.82, 2.24) is 4.57 Å². The number of carboxylic acid groups (broad SMARTS) is 2. The van der Waals surface area contributed by atoms with E-state index in [1.807, 2.05) is 36.4 Å². The van der Waals surface area contributed by atoms with E-state index < -0.39 is 29.7 Å². The van der Waals surface area contributed by atoms with Gasteiger partial charge in [-0.3, -0.25) is 19.0 Å². The fourth-order valence-electron chi connectivity index (χ4n) is 8.69. The summed E-state index contributed by atoms with van der Waals surface area (Å²) in [5.41, 5.74) is 11.0. The van der Waals surface area contributed by atoms with Crippen LogP contribution in [0.15, 0.2) is 132 Å². The fraction of sp³-hybridized carbons (Fsp3) is 0.0980. The van der Waals surface area contributed by atoms with Gasteiger partial charge in [0.05, 0.1) is 20.5 Å². The summed E-state index contributed by atoms with van der Waals surface area (Å²) in [6, 6.07) is 44.9. The molecule has 2 N–H and O–H groups in total. The minimum atomic E-state index is -1.53. The first-order valence-electron chi connectivity index (χ1n) is 20.0. The number of para-hydroxylation sites is 1. The van der Waals surface area contributed by atoms with E-state index in [1.54, 1.807) is 28.7 Å². The molecule has 0 saturated carbocycles. The van der Waals surface area contributed by atoms with E-state index in [1.165, 1.54) is 38.2 Å². The lowest BCUT2D eigenvalue weighted by Crippen LogP contribution is -2.35. The van der Waals surface area contributed by atoms with Gasteiger partial charge in [-0.05, 0) is 118 Å². The van der Waals surface area contributed by atoms with Crippen LogP contribution in [0.5, 0.6) is 0 Å². The van der Waals surface area contributed by atoms with Gasteiger partial charge in [0.15, 0.2) is 0 Å². The van der Waals surface area contributed by atoms with Gasteiger partial charge in [-0.15, -0.1) is 34.0 Å². The number of aryl methyl sites for hydroxylation is 2. The average Bonchev–Trinajstić information content (AvgIpc) is 3.87. The molecule has 10 rings (SSSR count). The van der Waals surface area contributed by atoms with Crippen molar-refractivity contribution >= 4 is 98.7 Å². The van der Waals surface area contributed by atoms with E-state index in [4.69, 9.17) is 6.57 Å². The van der Waals surface area contributed by atoms with E-state index in [2.05, 4.69) is 108 Å². The van der Waals surface area contributed by atoms with Crippen molar-refractivity contribution in [2.24, 2.45) is 0 Å². The Bertz CT molecular complexity index is 3540. The number of carbonyl (C=O) groups is 2. The topological polar surface area (TPSA) is 104 Å². The molecule has 0 aliphatic carbocycles. The van der Waals surface area contributed by atoms with Gasteiger partial charge in [0, 0.05) is 38.1 Å². The Kier molecular flexibility index (Phi) is 9.91. The lowest BCUT2D eigenvalue weighted by atomic mass is 9.91. The second kappa shape index (κ2) is 15.7. The SMILES string of the molecule is [C-]#[N+]/C(C(=O)O)=c1\sc(=Cc2cc3c(cc2-c2ccccc2)sc2c4cc(-c5ccc6c(c5)CCc5ccccc5N6CC)c(-c5ccccc5)cc4sc32)c(=O)n1CC(=O)O. The molecular weight excluding hydrogens is 831 g/mol. The fourth-order valence-corrected chi connectivity index (χ4v) is 12.5. The molecule has 0 fully saturated rings. The highest BCUT2D eigenvalue weighted by molar-refractivity contribution is 7.36. The van der Waals surface area contributed by atoms with Crippen LogP contribution >= 0.6 is 34.0 Å². The van der Waals surface area contributed by atoms with Gasteiger partial charge in [-0.25, -0.2) is 4.85 Å². The number of aliphatic carboxylic acids is 2. The van der Waals surface area contributed by atoms with E-state index in [9.17, 15) is 24.6 Å². The molecule has 3 aromatic heterocycles. The standard InChI is InChI=1S/C51H35N3O5S3/c1-3-53-40-17-11-10-16-31(40)18-19-33-22-32(20-21-41(33)53)36-25-39-43(27-37(36)30-14-8-5-9-15-30)61-47-38-23-34(35(26-42(38)60-48(39)47)29-12-6-4-7-13-29)24-44-49(57)54(28-45(55)56)50(62-44)46(52-2)51(58)59/h4-17,20-27H,3,18-19,28H2,1H3,(H,55,56)(H,58,59)/b44-24?,50-46-. The van der Waals surface area contributed by atoms with Gasteiger partial charge in [-0.2, -0.15) is 0 Å². The van der Waals surface area contributed by atoms with E-state index in [0.29, 0.717) is 5.56 Å². The molecule has 0 radical (unpaired) electrons. The Labute approximate surface area is 367 Å². The Morgan fingerprint density at radius 3 is 1.95 bits per heavy atom. The molecule has 62 heavy (non-hydrogen) atoms. The van der Waals surface area contributed by atoms with Gasteiger partial charge in [0.2, 0.25) is 0 Å². The number of rotatable bonds is 8. The summed E-state index contributed by atoms with van der Waals surface area (Å²) in [7, 11) is 0. The van der Waals surface area contributed by atoms with E-state index in [0.717, 1.165) is 82.6 Å². The average molecular weight is 866 g/mol. The highest BCUT2D eigenvalue weighted by atomic mass is 32.1. The summed E-state index contributed by atoms with van der Waals surface area (Å²) in [5.74, 6) is -2.85. The van der Waals surface area contributed by atoms with Crippen molar-refractivity contribution in [2.75, 3.05) is 11.4 Å². The molecule has 302 valence electrons. The number of thiophene rings is 2. The Morgan fingerprint density at radius 1 is 0.694 bits per heavy atom. The zero-order chi connectivity index (χ0) is 42.6. The second-order valence-corrected chi connectivity index (χ2v) is 18.2. The van der Waals surface area contributed by atoms with Crippen LogP contribution in [0.1, 0.15) is 23.6 Å². The van der Waals surface area contributed by atoms with Crippen LogP contribution in [0.3, 0.4) is 0 Å². The molecule has 0 saturated heterocycles. The predicted molar refractivity (Wildman–Crippen MR) is 254 cm³/mol. The summed E-state index contributed by atoms with van der Waals surface area (Å²) in [6.45, 7) is 9.81. The van der Waals surface area contributed by atoms with Crippen LogP contribution in [0.4, 0.5) is 11.4 Å². The maximum absolute atomic E-state index is 13.8. The summed E-state index contributed by atoms with van der Waals surface area (Å²) in [5, 5.41) is 21.6. The van der Waals surface area contributed by atoms with Crippen LogP contribution in [0.25, 0.3) is 79.6 Å². The number of hydrogen-bond acceptors (Lipinski definition) is 7. The summed E-state index contributed by atoms with van der Waals surface area (Å²) < 4.78 is 5.31. The molecule has 1 aliphatic rings. The third-order valence-corrected chi connectivity index (χ3v) is 15.1. The minimum absolute atomic E-state index is 0.131. The molecule has 0 unspecified atom stereocenters. The molecule has 0 spiro atoms. The highest BCUT2D eigenvalue weighted by Crippen LogP contribution is 2.49. The number of thiazole rings is 1. The zero-order valence-electron chi connectivity index (χ0n) is 33.2. The van der Waals surface area contributed by atoms with Gasteiger partial charge in [0.25, 0.3) is 5.56 Å². The Hall–Kier alpha value is -7.10. The smallest absolute Gasteiger partial charge is 0.336 e. The van der Waals surface area contributed by atoms with Crippen molar-refractivity contribution in [3.8, 4) is 33.4 Å². The van der Waals surface area contributed by atoms with Crippen LogP contribution in [-0.2, 0) is 29.0 Å². The first kappa shape index (κ1) is 39.1. The maximum atomic E-state index is 13.8. The third kappa shape index (κ3) is 6.69. The second-order valence-electron chi connectivity index (χ2n) is 15.1. The zero-order valence-corrected chi connectivity index (χ0v) is 35.7. The number of carboxylic acids is 2. The monoisotopic (exact) mass is 865 g/mol. The summed E-state index contributed by atoms with van der Waals surface area (Å²) >= 11 is 4.28. The van der Waals surface area contributed by atoms with E-state index in [-0.39, 0.29) is 9.20 Å². The minimum Gasteiger partial charge on any atom is -0.486 e. The molecule has 4 heterocycles. The van der Waals surface area contributed by atoms with Crippen LogP contribution < -0.4 is 19.7 Å². The normalized spacial score (nSPS) is 13.2. The molecule has 0 bridgehead atoms. The molecular formula is C51H35N3O5S3. The van der Waals surface area contributed by atoms with Crippen molar-refractivity contribution in [3.05, 3.63) is 175 Å². The summed E-state index contributed by atoms with van der Waals surface area (Å²) in [4.78, 5) is 43.2. The Morgan fingerprint density at radius 2 is 1.29 bits per heavy atom. The molecule has 11 heteroatoms. The van der Waals surface area contributed by atoms with Crippen LogP contribution in [0, 0.1) is 6.57 Å². The highest BCUT2D eigenvalue weighted by Gasteiger charge is 2.23. The van der Waals surface area contributed by atoms with Gasteiger partial charge in [0.1, 0.15) is 11.2 Å². The van der Waals surface area contributed by atoms with Crippen LogP contribution in [-0.4, -0.2) is 33.3 Å². The number of benzene rings is 6. The molecule has 9 aromatic rings. The Balaban J connectivity index is 1.19. The molecule has 1 aliphatic heterocycles. The lowest BCUT2D eigenvalue weighted by molar-refractivity contribution is -0.138. The maximum Gasteiger partial charge on any atom is 0.336 e. The van der Waals surface area contributed by atoms with Crippen molar-refractivity contribution in [1.29, 1.82) is 0 Å². The molecule has 0 atom stereocenters. The summed E-state index contributed by atoms with van der Waals surface area (Å²) in [6.07, 6.45) is 3.61. The lowest BCUT2D eigenvalue weighted by Gasteiger charge is -2.26. The first-order valence-corrected chi connectivity index (χ1v) is 22.5. The molecule has 0 amide bonds. The van der Waals surface area contributed by atoms with E-state index >= 15 is 0 Å². The number of anilines is 2. The predicted octanol–water partition coefficient (Wildman–Crippen LogP) is 10.8. The van der Waals surface area contributed by atoms with Crippen molar-refractivity contribution < 1.29 is 19.8 Å². The number of fused-ring (bicyclic) bond motifs is 7. The largest absolute Gasteiger partial charge is 0.486 e. The quantitative estimate of drug-likeness (QED) is 0.147. The van der Waals surface area contributed by atoms with Crippen LogP contribution in [0.2, 0.25) is 0 Å². The number of nitrogens with zero attached hydrogens (tertiary/aromatic N) is 3. The molecule has 6 aromatic carbocycles. The van der Waals surface area contributed by atoms with Gasteiger partial charge in [-0.1, -0.05) is 84.9 Å². The third-order valence-electron chi connectivity index (χ3n) is 11.5. The van der Waals surface area contributed by atoms with Gasteiger partial charge < -0.3 is 15.1 Å². The number of hydrogen-bond donors (Lipinski definition) is 2. The van der Waals surface area contributed by atoms with Crippen molar-refractivity contribution in [2.45, 2.75) is 26.3 Å². The molecule has 8 nitrogen and oxygen atoms in total. The van der Waals surface area contributed by atoms with Crippen molar-refractivity contribution in [3.63, 3.8) is 0 Å².